The summed E-state index contributed by atoms with van der Waals surface area (Å²) in [6.07, 6.45) is 2.01. The molecule has 4 heteroatoms. The maximum absolute atomic E-state index is 4.57. The van der Waals surface area contributed by atoms with E-state index < -0.39 is 0 Å². The molecule has 0 aliphatic rings. The molecule has 104 valence electrons. The second-order valence-corrected chi connectivity index (χ2v) is 5.23. The third-order valence-corrected chi connectivity index (χ3v) is 3.72. The zero-order valence-corrected chi connectivity index (χ0v) is 12.7. The number of likely N-dealkylation sites (N-methyl/N-ethyl adjacent to an activating group) is 2. The fourth-order valence-electron chi connectivity index (χ4n) is 2.73. The fraction of sp³-hybridized carbons (Fsp3) is 0.786. The molecule has 0 aliphatic heterocycles. The summed E-state index contributed by atoms with van der Waals surface area (Å²) >= 11 is 0. The van der Waals surface area contributed by atoms with E-state index >= 15 is 0 Å². The van der Waals surface area contributed by atoms with Crippen molar-refractivity contribution in [3.63, 3.8) is 0 Å². The number of hydrogen-bond acceptors (Lipinski definition) is 3. The van der Waals surface area contributed by atoms with Gasteiger partial charge in [-0.3, -0.25) is 9.58 Å². The Labute approximate surface area is 111 Å². The molecule has 0 fully saturated rings. The lowest BCUT2D eigenvalue weighted by Crippen LogP contribution is -2.52. The zero-order valence-electron chi connectivity index (χ0n) is 12.7. The molecule has 0 spiro atoms. The van der Waals surface area contributed by atoms with Crippen LogP contribution in [0.1, 0.15) is 46.4 Å². The first-order valence-electron chi connectivity index (χ1n) is 6.95. The maximum Gasteiger partial charge on any atom is 0.0812 e. The van der Waals surface area contributed by atoms with Gasteiger partial charge in [-0.2, -0.15) is 5.10 Å². The first kappa shape index (κ1) is 15.2. The monoisotopic (exact) mass is 252 g/mol. The van der Waals surface area contributed by atoms with E-state index in [0.717, 1.165) is 25.3 Å². The molecule has 0 aromatic carbocycles. The van der Waals surface area contributed by atoms with Crippen LogP contribution in [0, 0.1) is 0 Å². The summed E-state index contributed by atoms with van der Waals surface area (Å²) in [5.41, 5.74) is 1.17. The molecule has 1 heterocycles. The van der Waals surface area contributed by atoms with Gasteiger partial charge in [0.2, 0.25) is 0 Å². The lowest BCUT2D eigenvalue weighted by molar-refractivity contribution is 0.0900. The highest BCUT2D eigenvalue weighted by molar-refractivity contribution is 5.12. The number of aryl methyl sites for hydroxylation is 1. The SMILES string of the molecule is CCNC(c1ccn(C)n1)C(C)(C)N(CC)CC. The quantitative estimate of drug-likeness (QED) is 0.807. The molecule has 0 radical (unpaired) electrons. The summed E-state index contributed by atoms with van der Waals surface area (Å²) < 4.78 is 1.87. The Bertz CT molecular complexity index is 352. The molecule has 18 heavy (non-hydrogen) atoms. The summed E-state index contributed by atoms with van der Waals surface area (Å²) in [7, 11) is 1.97. The van der Waals surface area contributed by atoms with Gasteiger partial charge in [0, 0.05) is 18.8 Å². The number of hydrogen-bond donors (Lipinski definition) is 1. The summed E-state index contributed by atoms with van der Waals surface area (Å²) in [5, 5.41) is 8.16. The summed E-state index contributed by atoms with van der Waals surface area (Å²) in [4.78, 5) is 2.48. The molecule has 4 nitrogen and oxygen atoms in total. The van der Waals surface area contributed by atoms with E-state index in [0.29, 0.717) is 0 Å². The van der Waals surface area contributed by atoms with E-state index in [9.17, 15) is 0 Å². The van der Waals surface area contributed by atoms with Gasteiger partial charge in [0.1, 0.15) is 0 Å². The van der Waals surface area contributed by atoms with Crippen molar-refractivity contribution in [1.29, 1.82) is 0 Å². The average Bonchev–Trinajstić information content (AvgIpc) is 2.73. The summed E-state index contributed by atoms with van der Waals surface area (Å²) in [6, 6.07) is 2.36. The van der Waals surface area contributed by atoms with Gasteiger partial charge in [-0.15, -0.1) is 0 Å². The number of nitrogens with zero attached hydrogens (tertiary/aromatic N) is 3. The Morgan fingerprint density at radius 3 is 2.33 bits per heavy atom. The van der Waals surface area contributed by atoms with Crippen molar-refractivity contribution >= 4 is 0 Å². The second kappa shape index (κ2) is 6.34. The lowest BCUT2D eigenvalue weighted by atomic mass is 9.89. The highest BCUT2D eigenvalue weighted by Crippen LogP contribution is 2.29. The summed E-state index contributed by atoms with van der Waals surface area (Å²) in [6.45, 7) is 14.2. The average molecular weight is 252 g/mol. The molecule has 0 aliphatic carbocycles. The molecule has 0 bridgehead atoms. The van der Waals surface area contributed by atoms with Crippen molar-refractivity contribution in [2.45, 2.75) is 46.2 Å². The number of aromatic nitrogens is 2. The van der Waals surface area contributed by atoms with Crippen LogP contribution in [0.4, 0.5) is 0 Å². The van der Waals surface area contributed by atoms with E-state index in [1.54, 1.807) is 0 Å². The highest BCUT2D eigenvalue weighted by atomic mass is 15.3. The Hall–Kier alpha value is -0.870. The van der Waals surface area contributed by atoms with Crippen LogP contribution in [0.15, 0.2) is 12.3 Å². The normalized spacial score (nSPS) is 14.2. The van der Waals surface area contributed by atoms with Crippen LogP contribution >= 0.6 is 0 Å². The van der Waals surface area contributed by atoms with Gasteiger partial charge in [-0.1, -0.05) is 20.8 Å². The van der Waals surface area contributed by atoms with Crippen molar-refractivity contribution in [1.82, 2.24) is 20.0 Å². The van der Waals surface area contributed by atoms with Crippen LogP contribution in [0.25, 0.3) is 0 Å². The Kier molecular flexibility index (Phi) is 5.35. The Morgan fingerprint density at radius 2 is 1.94 bits per heavy atom. The number of nitrogens with one attached hydrogen (secondary N) is 1. The molecule has 1 unspecified atom stereocenters. The minimum atomic E-state index is 0.0495. The van der Waals surface area contributed by atoms with Crippen LogP contribution in [0.5, 0.6) is 0 Å². The molecule has 0 saturated carbocycles. The van der Waals surface area contributed by atoms with Crippen LogP contribution < -0.4 is 5.32 Å². The van der Waals surface area contributed by atoms with Crippen LogP contribution in [-0.4, -0.2) is 39.9 Å². The first-order chi connectivity index (χ1) is 8.47. The van der Waals surface area contributed by atoms with E-state index in [2.05, 4.69) is 56.0 Å². The third-order valence-electron chi connectivity index (χ3n) is 3.72. The molecule has 0 amide bonds. The van der Waals surface area contributed by atoms with Crippen LogP contribution in [-0.2, 0) is 7.05 Å². The van der Waals surface area contributed by atoms with Gasteiger partial charge in [-0.05, 0) is 39.5 Å². The maximum atomic E-state index is 4.57. The molecule has 1 atom stereocenters. The van der Waals surface area contributed by atoms with Crippen molar-refractivity contribution in [2.24, 2.45) is 7.05 Å². The zero-order chi connectivity index (χ0) is 13.8. The predicted octanol–water partition coefficient (Wildman–Crippen LogP) is 2.19. The van der Waals surface area contributed by atoms with E-state index in [1.165, 1.54) is 0 Å². The lowest BCUT2D eigenvalue weighted by Gasteiger charge is -2.43. The highest BCUT2D eigenvalue weighted by Gasteiger charge is 2.35. The Balaban J connectivity index is 3.03. The van der Waals surface area contributed by atoms with E-state index in [-0.39, 0.29) is 11.6 Å². The molecule has 0 saturated heterocycles. The fourth-order valence-corrected chi connectivity index (χ4v) is 2.73. The topological polar surface area (TPSA) is 33.1 Å². The minimum Gasteiger partial charge on any atom is -0.307 e. The van der Waals surface area contributed by atoms with Crippen LogP contribution in [0.3, 0.4) is 0 Å². The van der Waals surface area contributed by atoms with E-state index in [4.69, 9.17) is 0 Å². The van der Waals surface area contributed by atoms with Gasteiger partial charge in [0.25, 0.3) is 0 Å². The smallest absolute Gasteiger partial charge is 0.0812 e. The molecule has 1 aromatic heterocycles. The minimum absolute atomic E-state index is 0.0495. The van der Waals surface area contributed by atoms with Gasteiger partial charge < -0.3 is 5.32 Å². The molecular weight excluding hydrogens is 224 g/mol. The largest absolute Gasteiger partial charge is 0.307 e. The second-order valence-electron chi connectivity index (χ2n) is 5.23. The molecule has 1 N–H and O–H groups in total. The van der Waals surface area contributed by atoms with Crippen molar-refractivity contribution < 1.29 is 0 Å². The molecule has 1 rings (SSSR count). The predicted molar refractivity (Wildman–Crippen MR) is 76.6 cm³/mol. The standard InChI is InChI=1S/C14H28N4/c1-7-15-13(12-10-11-17(6)16-12)14(4,5)18(8-2)9-3/h10-11,13,15H,7-9H2,1-6H3. The molecular formula is C14H28N4. The first-order valence-corrected chi connectivity index (χ1v) is 6.95. The van der Waals surface area contributed by atoms with Gasteiger partial charge >= 0.3 is 0 Å². The Morgan fingerprint density at radius 1 is 1.33 bits per heavy atom. The van der Waals surface area contributed by atoms with E-state index in [1.807, 2.05) is 17.9 Å². The number of rotatable bonds is 7. The van der Waals surface area contributed by atoms with Crippen LogP contribution in [0.2, 0.25) is 0 Å². The third kappa shape index (κ3) is 3.12. The van der Waals surface area contributed by atoms with Gasteiger partial charge in [0.15, 0.2) is 0 Å². The van der Waals surface area contributed by atoms with Crippen molar-refractivity contribution in [3.8, 4) is 0 Å². The van der Waals surface area contributed by atoms with Crippen molar-refractivity contribution in [2.75, 3.05) is 19.6 Å². The van der Waals surface area contributed by atoms with Gasteiger partial charge in [-0.25, -0.2) is 0 Å². The molecule has 1 aromatic rings. The van der Waals surface area contributed by atoms with Crippen molar-refractivity contribution in [3.05, 3.63) is 18.0 Å². The summed E-state index contributed by atoms with van der Waals surface area (Å²) in [5.74, 6) is 0. The van der Waals surface area contributed by atoms with Gasteiger partial charge in [0.05, 0.1) is 11.7 Å².